The van der Waals surface area contributed by atoms with Crippen molar-refractivity contribution in [2.24, 2.45) is 0 Å². The van der Waals surface area contributed by atoms with E-state index in [2.05, 4.69) is 26.1 Å². The molecule has 3 aromatic rings. The first-order valence-corrected chi connectivity index (χ1v) is 16.0. The molecule has 3 aromatic carbocycles. The summed E-state index contributed by atoms with van der Waals surface area (Å²) in [6.07, 6.45) is 5.51. The number of aliphatic carboxylic acids is 1. The van der Waals surface area contributed by atoms with Gasteiger partial charge in [-0.2, -0.15) is 0 Å². The first-order valence-electron chi connectivity index (χ1n) is 15.2. The summed E-state index contributed by atoms with van der Waals surface area (Å²) in [5.74, 6) is 0.155. The van der Waals surface area contributed by atoms with Crippen molar-refractivity contribution in [2.75, 3.05) is 25.0 Å². The molecular weight excluding hydrogens is 622 g/mol. The molecule has 1 atom stereocenters. The molecule has 238 valence electrons. The number of anilines is 1. The second-order valence-corrected chi connectivity index (χ2v) is 12.3. The molecule has 0 fully saturated rings. The predicted octanol–water partition coefficient (Wildman–Crippen LogP) is 5.13. The van der Waals surface area contributed by atoms with E-state index >= 15 is 0 Å². The number of hydrogen-bond donors (Lipinski definition) is 1. The van der Waals surface area contributed by atoms with E-state index < -0.39 is 11.6 Å². The molecular formula is C35H43Cl2N2NaO5. The summed E-state index contributed by atoms with van der Waals surface area (Å²) in [5.41, 5.74) is 0.918. The maximum absolute atomic E-state index is 13.1. The second kappa shape index (κ2) is 19.3. The summed E-state index contributed by atoms with van der Waals surface area (Å²) in [4.78, 5) is 26.9. The van der Waals surface area contributed by atoms with Gasteiger partial charge in [0, 0.05) is 18.7 Å². The van der Waals surface area contributed by atoms with Crippen LogP contribution >= 0.6 is 23.2 Å². The number of unbranched alkanes of at least 4 members (excludes halogenated alkanes) is 4. The minimum absolute atomic E-state index is 0. The number of carboxylic acid groups (broad SMARTS) is 1. The number of amides is 2. The van der Waals surface area contributed by atoms with Crippen LogP contribution in [0.15, 0.2) is 66.7 Å². The molecule has 2 amide bonds. The molecule has 0 aliphatic rings. The Hall–Kier alpha value is -2.42. The van der Waals surface area contributed by atoms with Gasteiger partial charge in [-0.1, -0.05) is 93.9 Å². The van der Waals surface area contributed by atoms with E-state index in [1.54, 1.807) is 47.4 Å². The molecule has 1 unspecified atom stereocenters. The number of rotatable bonds is 17. The van der Waals surface area contributed by atoms with Gasteiger partial charge in [0.05, 0.1) is 22.6 Å². The summed E-state index contributed by atoms with van der Waals surface area (Å²) >= 11 is 12.1. The Morgan fingerprint density at radius 2 is 1.53 bits per heavy atom. The summed E-state index contributed by atoms with van der Waals surface area (Å²) in [5, 5.41) is 15.8. The van der Waals surface area contributed by atoms with Crippen molar-refractivity contribution in [1.29, 1.82) is 0 Å². The zero-order valence-electron chi connectivity index (χ0n) is 27.0. The van der Waals surface area contributed by atoms with Crippen LogP contribution in [0.5, 0.6) is 11.5 Å². The Morgan fingerprint density at radius 1 is 0.889 bits per heavy atom. The Kier molecular flexibility index (Phi) is 16.6. The number of benzene rings is 3. The van der Waals surface area contributed by atoms with Gasteiger partial charge in [-0.05, 0) is 72.9 Å². The smallest absolute Gasteiger partial charge is 0.546 e. The standard InChI is InChI=1S/C35H44Cl2N2O5.Na/c1-5-6-7-8-9-20-39(34(42)38-28-14-19-31(36)32(37)23-28)21-22-43-29-15-10-26(11-16-29)24-35(4,33(40)41)44-30-17-12-27(13-18-30)25(2)3;/h10-19,23,25H,5-9,20-22,24H2,1-4H3,(H,38,42)(H,40,41);/q;+1/p-1. The van der Waals surface area contributed by atoms with Crippen LogP contribution in [-0.4, -0.2) is 42.2 Å². The van der Waals surface area contributed by atoms with Gasteiger partial charge in [0.15, 0.2) is 0 Å². The van der Waals surface area contributed by atoms with Gasteiger partial charge < -0.3 is 29.6 Å². The number of carbonyl (C=O) groups is 2. The molecule has 10 heteroatoms. The molecule has 0 spiro atoms. The monoisotopic (exact) mass is 664 g/mol. The van der Waals surface area contributed by atoms with E-state index in [0.29, 0.717) is 46.2 Å². The second-order valence-electron chi connectivity index (χ2n) is 11.5. The zero-order chi connectivity index (χ0) is 32.1. The van der Waals surface area contributed by atoms with Crippen LogP contribution in [0.3, 0.4) is 0 Å². The molecule has 1 N–H and O–H groups in total. The molecule has 0 saturated carbocycles. The summed E-state index contributed by atoms with van der Waals surface area (Å²) in [7, 11) is 0. The summed E-state index contributed by atoms with van der Waals surface area (Å²) in [6.45, 7) is 9.14. The van der Waals surface area contributed by atoms with E-state index in [-0.39, 0.29) is 48.6 Å². The number of nitrogens with zero attached hydrogens (tertiary/aromatic N) is 1. The Bertz CT molecular complexity index is 1360. The summed E-state index contributed by atoms with van der Waals surface area (Å²) in [6, 6.07) is 19.4. The van der Waals surface area contributed by atoms with Crippen LogP contribution in [0, 0.1) is 0 Å². The molecule has 3 rings (SSSR count). The fourth-order valence-electron chi connectivity index (χ4n) is 4.70. The fraction of sp³-hybridized carbons (Fsp3) is 0.429. The van der Waals surface area contributed by atoms with Crippen molar-refractivity contribution < 1.29 is 53.7 Å². The van der Waals surface area contributed by atoms with Gasteiger partial charge >= 0.3 is 35.6 Å². The Morgan fingerprint density at radius 3 is 2.13 bits per heavy atom. The molecule has 0 aromatic heterocycles. The Balaban J connectivity index is 0.00000705. The van der Waals surface area contributed by atoms with E-state index in [4.69, 9.17) is 32.7 Å². The largest absolute Gasteiger partial charge is 1.00 e. The third kappa shape index (κ3) is 12.7. The van der Waals surface area contributed by atoms with Gasteiger partial charge in [0.2, 0.25) is 0 Å². The molecule has 0 heterocycles. The first kappa shape index (κ1) is 38.8. The van der Waals surface area contributed by atoms with Crippen LogP contribution in [0.25, 0.3) is 0 Å². The average Bonchev–Trinajstić information content (AvgIpc) is 2.99. The van der Waals surface area contributed by atoms with Gasteiger partial charge in [-0.3, -0.25) is 0 Å². The predicted molar refractivity (Wildman–Crippen MR) is 176 cm³/mol. The van der Waals surface area contributed by atoms with Gasteiger partial charge in [-0.15, -0.1) is 0 Å². The van der Waals surface area contributed by atoms with Crippen LogP contribution in [0.4, 0.5) is 10.5 Å². The van der Waals surface area contributed by atoms with Crippen LogP contribution in [0.2, 0.25) is 10.0 Å². The summed E-state index contributed by atoms with van der Waals surface area (Å²) < 4.78 is 11.9. The first-order chi connectivity index (χ1) is 21.0. The van der Waals surface area contributed by atoms with Crippen molar-refractivity contribution in [3.63, 3.8) is 0 Å². The number of ether oxygens (including phenoxy) is 2. The number of hydrogen-bond acceptors (Lipinski definition) is 5. The number of urea groups is 1. The maximum atomic E-state index is 13.1. The number of carbonyl (C=O) groups excluding carboxylic acids is 2. The topological polar surface area (TPSA) is 90.9 Å². The number of carboxylic acids is 1. The molecule has 0 radical (unpaired) electrons. The molecule has 0 saturated heterocycles. The molecule has 0 bridgehead atoms. The van der Waals surface area contributed by atoms with E-state index in [1.807, 2.05) is 24.3 Å². The number of nitrogens with one attached hydrogen (secondary N) is 1. The minimum Gasteiger partial charge on any atom is -0.546 e. The molecule has 7 nitrogen and oxygen atoms in total. The molecule has 45 heavy (non-hydrogen) atoms. The van der Waals surface area contributed by atoms with Gasteiger partial charge in [-0.25, -0.2) is 4.79 Å². The van der Waals surface area contributed by atoms with Crippen molar-refractivity contribution in [2.45, 2.75) is 77.7 Å². The SMILES string of the molecule is CCCCCCCN(CCOc1ccc(CC(C)(Oc2ccc(C(C)C)cc2)C(=O)[O-])cc1)C(=O)Nc1ccc(Cl)c(Cl)c1.[Na+]. The van der Waals surface area contributed by atoms with Crippen LogP contribution in [0.1, 0.15) is 76.8 Å². The van der Waals surface area contributed by atoms with Crippen molar-refractivity contribution >= 4 is 40.9 Å². The van der Waals surface area contributed by atoms with Gasteiger partial charge in [0.25, 0.3) is 0 Å². The third-order valence-corrected chi connectivity index (χ3v) is 8.15. The minimum atomic E-state index is -1.55. The van der Waals surface area contributed by atoms with E-state index in [9.17, 15) is 14.7 Å². The van der Waals surface area contributed by atoms with Crippen LogP contribution in [-0.2, 0) is 11.2 Å². The van der Waals surface area contributed by atoms with Crippen molar-refractivity contribution in [3.05, 3.63) is 87.9 Å². The van der Waals surface area contributed by atoms with Crippen molar-refractivity contribution in [3.8, 4) is 11.5 Å². The fourth-order valence-corrected chi connectivity index (χ4v) is 4.99. The average molecular weight is 666 g/mol. The normalized spacial score (nSPS) is 12.2. The quantitative estimate of drug-likeness (QED) is 0.160. The van der Waals surface area contributed by atoms with E-state index in [0.717, 1.165) is 36.8 Å². The molecule has 0 aliphatic heterocycles. The number of halogens is 2. The zero-order valence-corrected chi connectivity index (χ0v) is 30.5. The van der Waals surface area contributed by atoms with E-state index in [1.165, 1.54) is 13.3 Å². The van der Waals surface area contributed by atoms with Gasteiger partial charge in [0.1, 0.15) is 23.7 Å². The molecule has 0 aliphatic carbocycles. The van der Waals surface area contributed by atoms with Crippen LogP contribution < -0.4 is 49.5 Å². The van der Waals surface area contributed by atoms with Crippen molar-refractivity contribution in [1.82, 2.24) is 4.90 Å². The Labute approximate surface area is 299 Å². The maximum Gasteiger partial charge on any atom is 1.00 e. The third-order valence-electron chi connectivity index (χ3n) is 7.41.